The molecule has 1 aliphatic heterocycles. The molecule has 176 valence electrons. The van der Waals surface area contributed by atoms with Gasteiger partial charge in [-0.1, -0.05) is 32.1 Å². The molecule has 32 heavy (non-hydrogen) atoms. The summed E-state index contributed by atoms with van der Waals surface area (Å²) in [7, 11) is 0. The van der Waals surface area contributed by atoms with Gasteiger partial charge in [0.2, 0.25) is 0 Å². The SMILES string of the molecule is CC(=C=O)C(C)(C)C(=O)O[C@@H]1C[C@H](C)C=C2C=C[C@@H](C)[C@@H](CC[C@@H]3C[C@H](O)CC(=O)O3)[C@@H]21. The Morgan fingerprint density at radius 3 is 2.66 bits per heavy atom. The molecule has 0 spiro atoms. The van der Waals surface area contributed by atoms with E-state index in [0.717, 1.165) is 12.8 Å². The smallest absolute Gasteiger partial charge is 0.316 e. The Balaban J connectivity index is 1.79. The maximum absolute atomic E-state index is 13.0. The van der Waals surface area contributed by atoms with Crippen molar-refractivity contribution in [1.82, 2.24) is 0 Å². The van der Waals surface area contributed by atoms with Crippen LogP contribution in [0.2, 0.25) is 0 Å². The van der Waals surface area contributed by atoms with Gasteiger partial charge >= 0.3 is 11.9 Å². The molecule has 1 saturated heterocycles. The summed E-state index contributed by atoms with van der Waals surface area (Å²) >= 11 is 0. The molecule has 0 amide bonds. The first-order valence-electron chi connectivity index (χ1n) is 11.7. The summed E-state index contributed by atoms with van der Waals surface area (Å²) in [5.41, 5.74) is 0.490. The van der Waals surface area contributed by atoms with E-state index in [1.165, 1.54) is 5.57 Å². The molecule has 6 heteroatoms. The third kappa shape index (κ3) is 5.24. The molecule has 1 fully saturated rings. The molecule has 0 bridgehead atoms. The summed E-state index contributed by atoms with van der Waals surface area (Å²) in [6.07, 6.45) is 8.15. The average Bonchev–Trinajstić information content (AvgIpc) is 2.71. The summed E-state index contributed by atoms with van der Waals surface area (Å²) in [4.78, 5) is 35.9. The van der Waals surface area contributed by atoms with E-state index in [4.69, 9.17) is 9.47 Å². The lowest BCUT2D eigenvalue weighted by Gasteiger charge is -2.44. The number of fused-ring (bicyclic) bond motifs is 1. The lowest BCUT2D eigenvalue weighted by molar-refractivity contribution is -0.164. The van der Waals surface area contributed by atoms with Crippen LogP contribution in [0.3, 0.4) is 0 Å². The largest absolute Gasteiger partial charge is 0.462 e. The van der Waals surface area contributed by atoms with Gasteiger partial charge in [0.25, 0.3) is 0 Å². The Kier molecular flexibility index (Phi) is 7.46. The fourth-order valence-corrected chi connectivity index (χ4v) is 5.20. The molecule has 3 rings (SSSR count). The van der Waals surface area contributed by atoms with E-state index < -0.39 is 17.5 Å². The van der Waals surface area contributed by atoms with Crippen molar-refractivity contribution in [2.75, 3.05) is 0 Å². The zero-order valence-electron chi connectivity index (χ0n) is 19.8. The maximum atomic E-state index is 13.0. The predicted octanol–water partition coefficient (Wildman–Crippen LogP) is 3.95. The van der Waals surface area contributed by atoms with Gasteiger partial charge in [0, 0.05) is 17.9 Å². The van der Waals surface area contributed by atoms with E-state index in [0.29, 0.717) is 18.4 Å². The number of cyclic esters (lactones) is 1. The van der Waals surface area contributed by atoms with Crippen LogP contribution >= 0.6 is 0 Å². The van der Waals surface area contributed by atoms with E-state index in [1.807, 2.05) is 5.94 Å². The van der Waals surface area contributed by atoms with E-state index in [1.54, 1.807) is 20.8 Å². The minimum absolute atomic E-state index is 0.0516. The Morgan fingerprint density at radius 1 is 1.28 bits per heavy atom. The van der Waals surface area contributed by atoms with Gasteiger partial charge in [-0.05, 0) is 63.4 Å². The van der Waals surface area contributed by atoms with Crippen LogP contribution in [-0.4, -0.2) is 41.3 Å². The highest BCUT2D eigenvalue weighted by atomic mass is 16.6. The second-order valence-electron chi connectivity index (χ2n) is 10.4. The molecule has 1 heterocycles. The van der Waals surface area contributed by atoms with E-state index in [2.05, 4.69) is 32.1 Å². The van der Waals surface area contributed by atoms with Crippen molar-refractivity contribution in [3.05, 3.63) is 29.4 Å². The van der Waals surface area contributed by atoms with Crippen molar-refractivity contribution in [3.8, 4) is 0 Å². The first kappa shape index (κ1) is 24.5. The highest BCUT2D eigenvalue weighted by Gasteiger charge is 2.44. The average molecular weight is 445 g/mol. The van der Waals surface area contributed by atoms with Crippen molar-refractivity contribution in [3.63, 3.8) is 0 Å². The number of esters is 2. The number of carbonyl (C=O) groups excluding carboxylic acids is 3. The lowest BCUT2D eigenvalue weighted by Crippen LogP contribution is -2.43. The van der Waals surface area contributed by atoms with Gasteiger partial charge in [0.15, 0.2) is 0 Å². The quantitative estimate of drug-likeness (QED) is 0.493. The first-order chi connectivity index (χ1) is 15.0. The summed E-state index contributed by atoms with van der Waals surface area (Å²) in [5, 5.41) is 9.93. The minimum atomic E-state index is -1.02. The molecular formula is C26H36O6. The van der Waals surface area contributed by atoms with E-state index in [9.17, 15) is 19.5 Å². The number of allylic oxidation sites excluding steroid dienone is 3. The number of aliphatic hydroxyl groups excluding tert-OH is 1. The highest BCUT2D eigenvalue weighted by Crippen LogP contribution is 2.45. The molecule has 6 nitrogen and oxygen atoms in total. The lowest BCUT2D eigenvalue weighted by atomic mass is 9.65. The van der Waals surface area contributed by atoms with Crippen LogP contribution in [0.5, 0.6) is 0 Å². The van der Waals surface area contributed by atoms with Crippen LogP contribution in [0.4, 0.5) is 0 Å². The monoisotopic (exact) mass is 444 g/mol. The number of hydrogen-bond acceptors (Lipinski definition) is 6. The minimum Gasteiger partial charge on any atom is -0.462 e. The van der Waals surface area contributed by atoms with E-state index >= 15 is 0 Å². The topological polar surface area (TPSA) is 89.9 Å². The second kappa shape index (κ2) is 9.76. The molecule has 1 N–H and O–H groups in total. The normalized spacial score (nSPS) is 34.6. The van der Waals surface area contributed by atoms with Crippen LogP contribution in [0.1, 0.15) is 66.7 Å². The standard InChI is InChI=1S/C26H36O6/c1-15-10-18-7-6-16(2)21(9-8-20-12-19(28)13-23(29)31-20)24(18)22(11-15)32-25(30)26(4,5)17(3)14-27/h6-7,10,15-16,19-22,24,28H,8-9,11-13H2,1-5H3/t15-,16-,19+,20-,21-,22-,24-/m1/s1. The predicted molar refractivity (Wildman–Crippen MR) is 120 cm³/mol. The molecule has 0 aromatic carbocycles. The van der Waals surface area contributed by atoms with Gasteiger partial charge in [-0.2, -0.15) is 0 Å². The van der Waals surface area contributed by atoms with Crippen molar-refractivity contribution in [1.29, 1.82) is 0 Å². The molecule has 2 aliphatic carbocycles. The molecule has 7 atom stereocenters. The highest BCUT2D eigenvalue weighted by molar-refractivity contribution is 5.83. The summed E-state index contributed by atoms with van der Waals surface area (Å²) in [6, 6.07) is 0. The number of rotatable bonds is 6. The van der Waals surface area contributed by atoms with Crippen molar-refractivity contribution in [2.45, 2.75) is 85.0 Å². The summed E-state index contributed by atoms with van der Waals surface area (Å²) < 4.78 is 11.5. The van der Waals surface area contributed by atoms with Gasteiger partial charge in [-0.15, -0.1) is 0 Å². The molecule has 0 saturated carbocycles. The van der Waals surface area contributed by atoms with Crippen molar-refractivity contribution >= 4 is 17.9 Å². The van der Waals surface area contributed by atoms with Gasteiger partial charge in [0.05, 0.1) is 17.9 Å². The zero-order chi connectivity index (χ0) is 23.6. The summed E-state index contributed by atoms with van der Waals surface area (Å²) in [5.74, 6) is 1.93. The van der Waals surface area contributed by atoms with E-state index in [-0.39, 0.29) is 48.3 Å². The number of aliphatic hydroxyl groups is 1. The number of ether oxygens (including phenoxy) is 2. The van der Waals surface area contributed by atoms with Crippen LogP contribution in [0.15, 0.2) is 29.4 Å². The Labute approximate surface area is 190 Å². The Bertz CT molecular complexity index is 846. The van der Waals surface area contributed by atoms with Gasteiger partial charge in [0.1, 0.15) is 18.1 Å². The Morgan fingerprint density at radius 2 is 2.00 bits per heavy atom. The van der Waals surface area contributed by atoms with Crippen LogP contribution < -0.4 is 0 Å². The zero-order valence-corrected chi connectivity index (χ0v) is 19.8. The van der Waals surface area contributed by atoms with Crippen LogP contribution in [0.25, 0.3) is 0 Å². The molecule has 0 unspecified atom stereocenters. The number of hydrogen-bond donors (Lipinski definition) is 1. The van der Waals surface area contributed by atoms with Crippen molar-refractivity contribution in [2.24, 2.45) is 29.1 Å². The fraction of sp³-hybridized carbons (Fsp3) is 0.692. The van der Waals surface area contributed by atoms with Crippen LogP contribution in [0, 0.1) is 29.1 Å². The molecular weight excluding hydrogens is 408 g/mol. The first-order valence-corrected chi connectivity index (χ1v) is 11.7. The fourth-order valence-electron chi connectivity index (χ4n) is 5.20. The maximum Gasteiger partial charge on any atom is 0.316 e. The number of carbonyl (C=O) groups is 2. The summed E-state index contributed by atoms with van der Waals surface area (Å²) in [6.45, 7) is 9.29. The second-order valence-corrected chi connectivity index (χ2v) is 10.4. The third-order valence-electron chi connectivity index (χ3n) is 7.51. The van der Waals surface area contributed by atoms with Crippen LogP contribution in [-0.2, 0) is 23.9 Å². The third-order valence-corrected chi connectivity index (χ3v) is 7.51. The Hall–Kier alpha value is -2.17. The van der Waals surface area contributed by atoms with Gasteiger partial charge in [-0.25, -0.2) is 4.79 Å². The molecule has 3 aliphatic rings. The van der Waals surface area contributed by atoms with Gasteiger partial charge < -0.3 is 14.6 Å². The molecule has 0 aromatic rings. The molecule has 0 radical (unpaired) electrons. The molecule has 0 aromatic heterocycles. The van der Waals surface area contributed by atoms with Crippen molar-refractivity contribution < 1.29 is 29.0 Å². The van der Waals surface area contributed by atoms with Gasteiger partial charge in [-0.3, -0.25) is 9.59 Å².